The second-order valence-electron chi connectivity index (χ2n) is 6.19. The van der Waals surface area contributed by atoms with E-state index in [1.54, 1.807) is 19.2 Å². The first-order chi connectivity index (χ1) is 13.4. The molecule has 0 saturated carbocycles. The van der Waals surface area contributed by atoms with Gasteiger partial charge in [-0.15, -0.1) is 0 Å². The fourth-order valence-electron chi connectivity index (χ4n) is 3.36. The molecular formula is C20H14Cl3N3O2. The van der Waals surface area contributed by atoms with E-state index in [-0.39, 0.29) is 16.0 Å². The SMILES string of the molecule is COc1ccc(C(=O)Nc2c(Cl)cncc2Cl)c2c3cc(Cl)ccc3n(C)c12. The van der Waals surface area contributed by atoms with Crippen molar-refractivity contribution in [3.05, 3.63) is 63.4 Å². The molecule has 142 valence electrons. The van der Waals surface area contributed by atoms with Gasteiger partial charge in [0.05, 0.1) is 28.4 Å². The van der Waals surface area contributed by atoms with Gasteiger partial charge in [-0.2, -0.15) is 0 Å². The van der Waals surface area contributed by atoms with E-state index >= 15 is 0 Å². The number of nitrogens with one attached hydrogen (secondary N) is 1. The van der Waals surface area contributed by atoms with Crippen molar-refractivity contribution in [1.29, 1.82) is 0 Å². The monoisotopic (exact) mass is 433 g/mol. The summed E-state index contributed by atoms with van der Waals surface area (Å²) < 4.78 is 7.50. The van der Waals surface area contributed by atoms with Crippen LogP contribution in [-0.2, 0) is 7.05 Å². The number of amides is 1. The number of hydrogen-bond acceptors (Lipinski definition) is 3. The normalized spacial score (nSPS) is 11.2. The third kappa shape index (κ3) is 2.96. The van der Waals surface area contributed by atoms with Crippen LogP contribution in [0.2, 0.25) is 15.1 Å². The Hall–Kier alpha value is -2.47. The Balaban J connectivity index is 1.97. The number of aryl methyl sites for hydroxylation is 1. The minimum atomic E-state index is -0.352. The number of fused-ring (bicyclic) bond motifs is 3. The molecule has 1 amide bonds. The Labute approximate surface area is 175 Å². The van der Waals surface area contributed by atoms with Crippen LogP contribution >= 0.6 is 34.8 Å². The van der Waals surface area contributed by atoms with Gasteiger partial charge < -0.3 is 14.6 Å². The molecule has 2 heterocycles. The van der Waals surface area contributed by atoms with E-state index in [1.165, 1.54) is 12.4 Å². The predicted molar refractivity (Wildman–Crippen MR) is 114 cm³/mol. The molecule has 0 bridgehead atoms. The van der Waals surface area contributed by atoms with Crippen LogP contribution in [0.5, 0.6) is 5.75 Å². The number of hydrogen-bond donors (Lipinski definition) is 1. The highest BCUT2D eigenvalue weighted by molar-refractivity contribution is 6.40. The number of carbonyl (C=O) groups excluding carboxylic acids is 1. The maximum absolute atomic E-state index is 13.1. The lowest BCUT2D eigenvalue weighted by Gasteiger charge is -2.11. The van der Waals surface area contributed by atoms with Gasteiger partial charge in [0.2, 0.25) is 0 Å². The molecule has 0 radical (unpaired) electrons. The van der Waals surface area contributed by atoms with E-state index in [0.717, 1.165) is 21.8 Å². The number of aromatic nitrogens is 2. The number of ether oxygens (including phenoxy) is 1. The number of halogens is 3. The Bertz CT molecular complexity index is 1230. The van der Waals surface area contributed by atoms with Crippen molar-refractivity contribution in [2.24, 2.45) is 7.05 Å². The van der Waals surface area contributed by atoms with Gasteiger partial charge in [0.1, 0.15) is 5.75 Å². The molecule has 0 atom stereocenters. The van der Waals surface area contributed by atoms with E-state index in [1.807, 2.05) is 29.8 Å². The molecule has 0 aliphatic rings. The summed E-state index contributed by atoms with van der Waals surface area (Å²) in [7, 11) is 3.51. The summed E-state index contributed by atoms with van der Waals surface area (Å²) in [6.45, 7) is 0. The van der Waals surface area contributed by atoms with Gasteiger partial charge in [-0.1, -0.05) is 34.8 Å². The summed E-state index contributed by atoms with van der Waals surface area (Å²) in [5.74, 6) is 0.302. The van der Waals surface area contributed by atoms with Crippen LogP contribution in [0.1, 0.15) is 10.4 Å². The molecule has 0 fully saturated rings. The first-order valence-corrected chi connectivity index (χ1v) is 9.40. The molecule has 8 heteroatoms. The van der Waals surface area contributed by atoms with E-state index in [4.69, 9.17) is 39.5 Å². The molecule has 0 aliphatic heterocycles. The van der Waals surface area contributed by atoms with Crippen molar-refractivity contribution < 1.29 is 9.53 Å². The quantitative estimate of drug-likeness (QED) is 0.433. The van der Waals surface area contributed by atoms with E-state index in [2.05, 4.69) is 10.3 Å². The van der Waals surface area contributed by atoms with Crippen molar-refractivity contribution >= 4 is 68.2 Å². The minimum absolute atomic E-state index is 0.256. The molecule has 2 aromatic carbocycles. The van der Waals surface area contributed by atoms with Crippen molar-refractivity contribution in [2.45, 2.75) is 0 Å². The zero-order chi connectivity index (χ0) is 20.0. The summed E-state index contributed by atoms with van der Waals surface area (Å²) >= 11 is 18.5. The van der Waals surface area contributed by atoms with Crippen molar-refractivity contribution in [3.8, 4) is 5.75 Å². The van der Waals surface area contributed by atoms with Crippen LogP contribution in [0, 0.1) is 0 Å². The van der Waals surface area contributed by atoms with E-state index < -0.39 is 0 Å². The molecule has 4 rings (SSSR count). The van der Waals surface area contributed by atoms with E-state index in [9.17, 15) is 4.79 Å². The number of pyridine rings is 1. The first kappa shape index (κ1) is 18.9. The van der Waals surface area contributed by atoms with Gasteiger partial charge in [-0.3, -0.25) is 9.78 Å². The molecule has 4 aromatic rings. The van der Waals surface area contributed by atoms with Crippen LogP contribution in [0.15, 0.2) is 42.7 Å². The highest BCUT2D eigenvalue weighted by Crippen LogP contribution is 2.38. The Kier molecular flexibility index (Phi) is 4.83. The highest BCUT2D eigenvalue weighted by Gasteiger charge is 2.21. The fourth-order valence-corrected chi connectivity index (χ4v) is 4.00. The minimum Gasteiger partial charge on any atom is -0.495 e. The zero-order valence-corrected chi connectivity index (χ0v) is 17.2. The topological polar surface area (TPSA) is 56.1 Å². The van der Waals surface area contributed by atoms with Crippen molar-refractivity contribution in [2.75, 3.05) is 12.4 Å². The average molecular weight is 435 g/mol. The van der Waals surface area contributed by atoms with Crippen LogP contribution in [-0.4, -0.2) is 22.6 Å². The number of nitrogens with zero attached hydrogens (tertiary/aromatic N) is 2. The summed E-state index contributed by atoms with van der Waals surface area (Å²) in [6.07, 6.45) is 2.84. The lowest BCUT2D eigenvalue weighted by atomic mass is 10.0. The molecular weight excluding hydrogens is 421 g/mol. The molecule has 0 unspecified atom stereocenters. The summed E-state index contributed by atoms with van der Waals surface area (Å²) in [5, 5.41) is 5.46. The zero-order valence-electron chi connectivity index (χ0n) is 14.9. The number of methoxy groups -OCH3 is 1. The van der Waals surface area contributed by atoms with E-state index in [0.29, 0.717) is 22.0 Å². The average Bonchev–Trinajstić information content (AvgIpc) is 2.96. The smallest absolute Gasteiger partial charge is 0.256 e. The Morgan fingerprint density at radius 1 is 1.11 bits per heavy atom. The van der Waals surface area contributed by atoms with Crippen LogP contribution in [0.4, 0.5) is 5.69 Å². The Morgan fingerprint density at radius 2 is 1.82 bits per heavy atom. The van der Waals surface area contributed by atoms with Crippen molar-refractivity contribution in [1.82, 2.24) is 9.55 Å². The van der Waals surface area contributed by atoms with Crippen LogP contribution in [0.3, 0.4) is 0 Å². The lowest BCUT2D eigenvalue weighted by molar-refractivity contribution is 0.102. The van der Waals surface area contributed by atoms with Gasteiger partial charge in [0, 0.05) is 46.3 Å². The fraction of sp³-hybridized carbons (Fsp3) is 0.100. The second kappa shape index (κ2) is 7.17. The molecule has 5 nitrogen and oxygen atoms in total. The third-order valence-corrected chi connectivity index (χ3v) is 5.43. The molecule has 1 N–H and O–H groups in total. The second-order valence-corrected chi connectivity index (χ2v) is 7.44. The first-order valence-electron chi connectivity index (χ1n) is 8.27. The van der Waals surface area contributed by atoms with Crippen LogP contribution < -0.4 is 10.1 Å². The number of benzene rings is 2. The number of rotatable bonds is 3. The van der Waals surface area contributed by atoms with Crippen molar-refractivity contribution in [3.63, 3.8) is 0 Å². The molecule has 0 saturated heterocycles. The lowest BCUT2D eigenvalue weighted by Crippen LogP contribution is -2.13. The predicted octanol–water partition coefficient (Wildman–Crippen LogP) is 5.95. The Morgan fingerprint density at radius 3 is 2.50 bits per heavy atom. The van der Waals surface area contributed by atoms with Gasteiger partial charge >= 0.3 is 0 Å². The molecule has 28 heavy (non-hydrogen) atoms. The summed E-state index contributed by atoms with van der Waals surface area (Å²) in [6, 6.07) is 9.02. The van der Waals surface area contributed by atoms with Gasteiger partial charge in [0.25, 0.3) is 5.91 Å². The summed E-state index contributed by atoms with van der Waals surface area (Å²) in [4.78, 5) is 17.0. The summed E-state index contributed by atoms with van der Waals surface area (Å²) in [5.41, 5.74) is 2.48. The van der Waals surface area contributed by atoms with Crippen LogP contribution in [0.25, 0.3) is 21.8 Å². The van der Waals surface area contributed by atoms with Gasteiger partial charge in [0.15, 0.2) is 0 Å². The molecule has 0 spiro atoms. The number of anilines is 1. The van der Waals surface area contributed by atoms with Gasteiger partial charge in [-0.05, 0) is 30.3 Å². The molecule has 2 aromatic heterocycles. The van der Waals surface area contributed by atoms with Gasteiger partial charge in [-0.25, -0.2) is 0 Å². The third-order valence-electron chi connectivity index (χ3n) is 4.62. The standard InChI is InChI=1S/C20H14Cl3N3O2/c1-26-15-5-3-10(21)7-12(15)17-11(4-6-16(28-2)19(17)26)20(27)25-18-13(22)8-24-9-14(18)23/h3-9H,1-2H3,(H,24,25,27). The molecule has 0 aliphatic carbocycles. The number of carbonyl (C=O) groups is 1. The largest absolute Gasteiger partial charge is 0.495 e. The maximum atomic E-state index is 13.1. The highest BCUT2D eigenvalue weighted by atomic mass is 35.5. The maximum Gasteiger partial charge on any atom is 0.256 e.